The van der Waals surface area contributed by atoms with Crippen LogP contribution in [0.2, 0.25) is 0 Å². The predicted octanol–water partition coefficient (Wildman–Crippen LogP) is 1.24. The second-order valence-electron chi connectivity index (χ2n) is 8.42. The molecule has 0 radical (unpaired) electrons. The van der Waals surface area contributed by atoms with Gasteiger partial charge in [-0.2, -0.15) is 5.10 Å². The fourth-order valence-corrected chi connectivity index (χ4v) is 5.33. The maximum Gasteiger partial charge on any atom is 0.254 e. The normalized spacial score (nSPS) is 30.7. The Kier molecular flexibility index (Phi) is 3.94. The minimum absolute atomic E-state index is 0.0562. The number of carbonyl (C=O) groups is 1. The Balaban J connectivity index is 1.30. The monoisotopic (exact) mass is 382 g/mol. The average Bonchev–Trinajstić information content (AvgIpc) is 3.39. The maximum atomic E-state index is 12.6. The number of hydrogen-bond donors (Lipinski definition) is 1. The molecule has 0 aliphatic carbocycles. The summed E-state index contributed by atoms with van der Waals surface area (Å²) in [5, 5.41) is 7.39. The van der Waals surface area contributed by atoms with Gasteiger partial charge in [0.05, 0.1) is 29.5 Å². The molecule has 3 aliphatic rings. The van der Waals surface area contributed by atoms with Crippen molar-refractivity contribution in [2.75, 3.05) is 24.5 Å². The van der Waals surface area contributed by atoms with Crippen LogP contribution >= 0.6 is 0 Å². The van der Waals surface area contributed by atoms with Crippen molar-refractivity contribution in [3.63, 3.8) is 0 Å². The number of aryl methyl sites for hydroxylation is 3. The third-order valence-corrected chi connectivity index (χ3v) is 6.61. The van der Waals surface area contributed by atoms with Crippen molar-refractivity contribution in [1.29, 1.82) is 0 Å². The quantitative estimate of drug-likeness (QED) is 0.856. The number of rotatable bonds is 4. The molecule has 3 fully saturated rings. The van der Waals surface area contributed by atoms with Gasteiger partial charge in [0.25, 0.3) is 5.91 Å². The fraction of sp³-hybridized carbons (Fsp3) is 0.600. The van der Waals surface area contributed by atoms with E-state index in [2.05, 4.69) is 25.3 Å². The smallest absolute Gasteiger partial charge is 0.254 e. The van der Waals surface area contributed by atoms with Gasteiger partial charge in [0.1, 0.15) is 0 Å². The van der Waals surface area contributed by atoms with Gasteiger partial charge in [0.2, 0.25) is 5.95 Å². The summed E-state index contributed by atoms with van der Waals surface area (Å²) in [4.78, 5) is 23.9. The van der Waals surface area contributed by atoms with Crippen molar-refractivity contribution in [1.82, 2.24) is 25.1 Å². The van der Waals surface area contributed by atoms with Gasteiger partial charge in [0, 0.05) is 50.1 Å². The Hall–Kier alpha value is -2.48. The topological polar surface area (TPSA) is 85.2 Å². The standard InChI is InChI=1S/C20H26N6O2/c1-12-5-7-21-19(23-12)26-10-16-14(17-4-6-20(16,11-26)28-17)8-22-18(27)15-9-25(3)24-13(15)2/h5,7,9,14,16-17H,4,6,8,10-11H2,1-3H3,(H,22,27)/t14-,16+,17+,20+/m0/s1. The molecule has 0 saturated carbocycles. The fourth-order valence-electron chi connectivity index (χ4n) is 5.33. The van der Waals surface area contributed by atoms with E-state index in [0.717, 1.165) is 43.3 Å². The van der Waals surface area contributed by atoms with Crippen LogP contribution in [0.15, 0.2) is 18.5 Å². The molecule has 2 bridgehead atoms. The number of amides is 1. The molecule has 1 N–H and O–H groups in total. The molecule has 1 spiro atoms. The van der Waals surface area contributed by atoms with Gasteiger partial charge >= 0.3 is 0 Å². The van der Waals surface area contributed by atoms with Crippen molar-refractivity contribution < 1.29 is 9.53 Å². The molecule has 28 heavy (non-hydrogen) atoms. The molecule has 0 unspecified atom stereocenters. The van der Waals surface area contributed by atoms with Crippen molar-refractivity contribution >= 4 is 11.9 Å². The summed E-state index contributed by atoms with van der Waals surface area (Å²) in [7, 11) is 1.83. The summed E-state index contributed by atoms with van der Waals surface area (Å²) in [6.07, 6.45) is 5.97. The highest BCUT2D eigenvalue weighted by atomic mass is 16.5. The second-order valence-corrected chi connectivity index (χ2v) is 8.42. The Morgan fingerprint density at radius 3 is 3.04 bits per heavy atom. The third-order valence-electron chi connectivity index (χ3n) is 6.61. The van der Waals surface area contributed by atoms with Crippen molar-refractivity contribution in [2.24, 2.45) is 18.9 Å². The molecule has 5 rings (SSSR count). The zero-order chi connectivity index (χ0) is 19.5. The van der Waals surface area contributed by atoms with Crippen molar-refractivity contribution in [2.45, 2.75) is 38.4 Å². The lowest BCUT2D eigenvalue weighted by atomic mass is 9.73. The number of hydrogen-bond acceptors (Lipinski definition) is 6. The van der Waals surface area contributed by atoms with Crippen LogP contribution in [-0.4, -0.2) is 57.0 Å². The molecule has 3 saturated heterocycles. The molecule has 2 aromatic heterocycles. The van der Waals surface area contributed by atoms with E-state index in [1.807, 2.05) is 33.2 Å². The lowest BCUT2D eigenvalue weighted by molar-refractivity contribution is 0.0141. The van der Waals surface area contributed by atoms with Gasteiger partial charge in [0.15, 0.2) is 0 Å². The van der Waals surface area contributed by atoms with E-state index in [1.54, 1.807) is 10.9 Å². The van der Waals surface area contributed by atoms with Crippen LogP contribution in [0.25, 0.3) is 0 Å². The SMILES string of the molecule is Cc1ccnc(N2C[C@@H]3[C@H](CNC(=O)c4cn(C)nc4C)[C@H]4CC[C@]3(C2)O4)n1. The summed E-state index contributed by atoms with van der Waals surface area (Å²) in [6, 6.07) is 1.92. The largest absolute Gasteiger partial charge is 0.369 e. The van der Waals surface area contributed by atoms with Crippen LogP contribution in [0, 0.1) is 25.7 Å². The molecule has 3 aliphatic heterocycles. The van der Waals surface area contributed by atoms with Gasteiger partial charge in [-0.25, -0.2) is 9.97 Å². The number of anilines is 1. The third kappa shape index (κ3) is 2.70. The molecule has 5 heterocycles. The van der Waals surface area contributed by atoms with Gasteiger partial charge < -0.3 is 15.0 Å². The Morgan fingerprint density at radius 2 is 2.29 bits per heavy atom. The highest BCUT2D eigenvalue weighted by molar-refractivity contribution is 5.95. The zero-order valence-electron chi connectivity index (χ0n) is 16.6. The first kappa shape index (κ1) is 17.6. The summed E-state index contributed by atoms with van der Waals surface area (Å²) in [5.41, 5.74) is 2.25. The second kappa shape index (κ2) is 6.27. The van der Waals surface area contributed by atoms with Crippen LogP contribution in [0.3, 0.4) is 0 Å². The molecular formula is C20H26N6O2. The van der Waals surface area contributed by atoms with Crippen LogP contribution in [0.5, 0.6) is 0 Å². The molecule has 8 heteroatoms. The average molecular weight is 382 g/mol. The van der Waals surface area contributed by atoms with E-state index in [-0.39, 0.29) is 17.6 Å². The lowest BCUT2D eigenvalue weighted by Crippen LogP contribution is -2.42. The van der Waals surface area contributed by atoms with Crippen LogP contribution < -0.4 is 10.2 Å². The van der Waals surface area contributed by atoms with Gasteiger partial charge in [-0.3, -0.25) is 9.48 Å². The highest BCUT2D eigenvalue weighted by Crippen LogP contribution is 2.54. The number of ether oxygens (including phenoxy) is 1. The first-order valence-electron chi connectivity index (χ1n) is 9.96. The molecule has 8 nitrogen and oxygen atoms in total. The minimum atomic E-state index is -0.114. The summed E-state index contributed by atoms with van der Waals surface area (Å²) in [5.74, 6) is 1.44. The number of fused-ring (bicyclic) bond motifs is 1. The Morgan fingerprint density at radius 1 is 1.43 bits per heavy atom. The van der Waals surface area contributed by atoms with E-state index in [1.165, 1.54) is 0 Å². The molecule has 1 amide bonds. The van der Waals surface area contributed by atoms with E-state index >= 15 is 0 Å². The van der Waals surface area contributed by atoms with E-state index in [4.69, 9.17) is 4.74 Å². The highest BCUT2D eigenvalue weighted by Gasteiger charge is 2.63. The molecular weight excluding hydrogens is 356 g/mol. The number of aromatic nitrogens is 4. The number of carbonyl (C=O) groups excluding carboxylic acids is 1. The van der Waals surface area contributed by atoms with Crippen LogP contribution in [0.4, 0.5) is 5.95 Å². The molecule has 148 valence electrons. The predicted molar refractivity (Wildman–Crippen MR) is 103 cm³/mol. The lowest BCUT2D eigenvalue weighted by Gasteiger charge is -2.29. The van der Waals surface area contributed by atoms with Gasteiger partial charge in [-0.1, -0.05) is 0 Å². The van der Waals surface area contributed by atoms with E-state index in [0.29, 0.717) is 23.9 Å². The first-order valence-corrected chi connectivity index (χ1v) is 9.96. The van der Waals surface area contributed by atoms with Crippen molar-refractivity contribution in [3.05, 3.63) is 35.4 Å². The number of nitrogens with zero attached hydrogens (tertiary/aromatic N) is 5. The van der Waals surface area contributed by atoms with Gasteiger partial charge in [-0.05, 0) is 32.8 Å². The summed E-state index contributed by atoms with van der Waals surface area (Å²) >= 11 is 0. The van der Waals surface area contributed by atoms with Crippen LogP contribution in [-0.2, 0) is 11.8 Å². The Labute approximate surface area is 164 Å². The van der Waals surface area contributed by atoms with E-state index < -0.39 is 0 Å². The summed E-state index contributed by atoms with van der Waals surface area (Å²) in [6.45, 7) is 6.20. The van der Waals surface area contributed by atoms with Gasteiger partial charge in [-0.15, -0.1) is 0 Å². The van der Waals surface area contributed by atoms with Crippen molar-refractivity contribution in [3.8, 4) is 0 Å². The van der Waals surface area contributed by atoms with Crippen LogP contribution in [0.1, 0.15) is 34.6 Å². The zero-order valence-corrected chi connectivity index (χ0v) is 16.6. The maximum absolute atomic E-state index is 12.6. The molecule has 0 aromatic carbocycles. The number of nitrogens with one attached hydrogen (secondary N) is 1. The molecule has 4 atom stereocenters. The summed E-state index contributed by atoms with van der Waals surface area (Å²) < 4.78 is 8.16. The Bertz CT molecular complexity index is 927. The molecule has 2 aromatic rings. The first-order chi connectivity index (χ1) is 13.4. The van der Waals surface area contributed by atoms with E-state index in [9.17, 15) is 4.79 Å². The minimum Gasteiger partial charge on any atom is -0.369 e.